The maximum atomic E-state index is 5.67. The average Bonchev–Trinajstić information content (AvgIpc) is 2.24. The van der Waals surface area contributed by atoms with Crippen molar-refractivity contribution in [1.82, 2.24) is 5.32 Å². The maximum absolute atomic E-state index is 5.67. The monoisotopic (exact) mass is 235 g/mol. The van der Waals surface area contributed by atoms with Crippen LogP contribution in [0.5, 0.6) is 5.75 Å². The summed E-state index contributed by atoms with van der Waals surface area (Å²) >= 11 is 0. The quantitative estimate of drug-likeness (QED) is 0.788. The van der Waals surface area contributed by atoms with Crippen LogP contribution in [-0.2, 0) is 0 Å². The van der Waals surface area contributed by atoms with Crippen molar-refractivity contribution in [3.05, 3.63) is 29.8 Å². The number of ether oxygens (including phenoxy) is 1. The first-order valence-electron chi connectivity index (χ1n) is 6.36. The molecule has 0 aliphatic heterocycles. The summed E-state index contributed by atoms with van der Waals surface area (Å²) in [5.41, 5.74) is 1.51. The van der Waals surface area contributed by atoms with Gasteiger partial charge in [-0.2, -0.15) is 0 Å². The summed E-state index contributed by atoms with van der Waals surface area (Å²) in [5.74, 6) is 1.52. The van der Waals surface area contributed by atoms with E-state index in [-0.39, 0.29) is 5.54 Å². The lowest BCUT2D eigenvalue weighted by Gasteiger charge is -2.20. The molecule has 0 aliphatic carbocycles. The molecule has 0 heterocycles. The summed E-state index contributed by atoms with van der Waals surface area (Å²) in [6.07, 6.45) is 0. The number of hydrogen-bond donors (Lipinski definition) is 1. The summed E-state index contributed by atoms with van der Waals surface area (Å²) in [4.78, 5) is 0. The minimum atomic E-state index is 0.158. The van der Waals surface area contributed by atoms with Crippen LogP contribution in [0.25, 0.3) is 0 Å². The molecular weight excluding hydrogens is 210 g/mol. The first-order chi connectivity index (χ1) is 7.88. The van der Waals surface area contributed by atoms with Gasteiger partial charge in [0.15, 0.2) is 0 Å². The molecule has 17 heavy (non-hydrogen) atoms. The van der Waals surface area contributed by atoms with E-state index in [9.17, 15) is 0 Å². The first-order valence-corrected chi connectivity index (χ1v) is 6.36. The first kappa shape index (κ1) is 14.0. The molecule has 2 nitrogen and oxygen atoms in total. The standard InChI is InChI=1S/C15H25NO/c1-12(2)13-6-8-14(9-7-13)17-11-10-16-15(3,4)5/h6-9,12,16H,10-11H2,1-5H3. The number of nitrogens with one attached hydrogen (secondary N) is 1. The van der Waals surface area contributed by atoms with Crippen molar-refractivity contribution in [3.63, 3.8) is 0 Å². The Kier molecular flexibility index (Phi) is 5.01. The molecule has 0 unspecified atom stereocenters. The fraction of sp³-hybridized carbons (Fsp3) is 0.600. The van der Waals surface area contributed by atoms with Crippen molar-refractivity contribution in [2.75, 3.05) is 13.2 Å². The molecule has 0 fully saturated rings. The molecule has 1 aromatic carbocycles. The highest BCUT2D eigenvalue weighted by Gasteiger charge is 2.07. The predicted molar refractivity (Wildman–Crippen MR) is 73.8 cm³/mol. The van der Waals surface area contributed by atoms with E-state index in [0.29, 0.717) is 12.5 Å². The lowest BCUT2D eigenvalue weighted by Crippen LogP contribution is -2.38. The summed E-state index contributed by atoms with van der Waals surface area (Å²) in [6, 6.07) is 8.37. The topological polar surface area (TPSA) is 21.3 Å². The predicted octanol–water partition coefficient (Wildman–Crippen LogP) is 3.58. The van der Waals surface area contributed by atoms with E-state index in [1.165, 1.54) is 5.56 Å². The lowest BCUT2D eigenvalue weighted by atomic mass is 10.0. The third-order valence-electron chi connectivity index (χ3n) is 2.57. The highest BCUT2D eigenvalue weighted by atomic mass is 16.5. The van der Waals surface area contributed by atoms with Gasteiger partial charge < -0.3 is 10.1 Å². The molecule has 0 radical (unpaired) electrons. The van der Waals surface area contributed by atoms with Gasteiger partial charge in [-0.3, -0.25) is 0 Å². The van der Waals surface area contributed by atoms with Gasteiger partial charge in [-0.1, -0.05) is 26.0 Å². The minimum absolute atomic E-state index is 0.158. The fourth-order valence-corrected chi connectivity index (χ4v) is 1.54. The van der Waals surface area contributed by atoms with Gasteiger partial charge in [-0.15, -0.1) is 0 Å². The molecule has 0 saturated heterocycles. The second kappa shape index (κ2) is 6.06. The van der Waals surface area contributed by atoms with Crippen molar-refractivity contribution < 1.29 is 4.74 Å². The molecule has 0 aliphatic rings. The molecule has 96 valence electrons. The highest BCUT2D eigenvalue weighted by Crippen LogP contribution is 2.18. The molecule has 0 bridgehead atoms. The van der Waals surface area contributed by atoms with Gasteiger partial charge >= 0.3 is 0 Å². The molecule has 0 spiro atoms. The van der Waals surface area contributed by atoms with Gasteiger partial charge in [0.2, 0.25) is 0 Å². The van der Waals surface area contributed by atoms with E-state index < -0.39 is 0 Å². The van der Waals surface area contributed by atoms with Gasteiger partial charge in [0, 0.05) is 12.1 Å². The average molecular weight is 235 g/mol. The van der Waals surface area contributed by atoms with Crippen LogP contribution >= 0.6 is 0 Å². The fourth-order valence-electron chi connectivity index (χ4n) is 1.54. The van der Waals surface area contributed by atoms with Crippen LogP contribution in [0.3, 0.4) is 0 Å². The Morgan fingerprint density at radius 3 is 2.18 bits per heavy atom. The zero-order valence-electron chi connectivity index (χ0n) is 11.7. The Labute approximate surface area is 105 Å². The SMILES string of the molecule is CC(C)c1ccc(OCCNC(C)(C)C)cc1. The Morgan fingerprint density at radius 1 is 1.12 bits per heavy atom. The third-order valence-corrected chi connectivity index (χ3v) is 2.57. The van der Waals surface area contributed by atoms with Crippen molar-refractivity contribution >= 4 is 0 Å². The molecule has 0 saturated carbocycles. The Hall–Kier alpha value is -1.02. The van der Waals surface area contributed by atoms with Gasteiger partial charge in [-0.05, 0) is 44.4 Å². The van der Waals surface area contributed by atoms with Crippen LogP contribution in [0, 0.1) is 0 Å². The molecule has 0 amide bonds. The molecule has 1 N–H and O–H groups in total. The van der Waals surface area contributed by atoms with Gasteiger partial charge in [0.1, 0.15) is 12.4 Å². The maximum Gasteiger partial charge on any atom is 0.119 e. The second-order valence-electron chi connectivity index (χ2n) is 5.75. The van der Waals surface area contributed by atoms with E-state index in [4.69, 9.17) is 4.74 Å². The van der Waals surface area contributed by atoms with Crippen LogP contribution in [0.2, 0.25) is 0 Å². The van der Waals surface area contributed by atoms with Gasteiger partial charge in [0.25, 0.3) is 0 Å². The van der Waals surface area contributed by atoms with Crippen molar-refractivity contribution in [1.29, 1.82) is 0 Å². The lowest BCUT2D eigenvalue weighted by molar-refractivity contribution is 0.291. The highest BCUT2D eigenvalue weighted by molar-refractivity contribution is 5.28. The molecule has 2 heteroatoms. The van der Waals surface area contributed by atoms with Crippen LogP contribution in [0.15, 0.2) is 24.3 Å². The number of benzene rings is 1. The number of rotatable bonds is 5. The van der Waals surface area contributed by atoms with E-state index in [1.54, 1.807) is 0 Å². The molecule has 0 aromatic heterocycles. The molecule has 0 atom stereocenters. The van der Waals surface area contributed by atoms with Crippen molar-refractivity contribution in [3.8, 4) is 5.75 Å². The van der Waals surface area contributed by atoms with Crippen LogP contribution in [-0.4, -0.2) is 18.7 Å². The minimum Gasteiger partial charge on any atom is -0.492 e. The summed E-state index contributed by atoms with van der Waals surface area (Å²) < 4.78 is 5.67. The normalized spacial score (nSPS) is 11.9. The van der Waals surface area contributed by atoms with Crippen LogP contribution in [0.1, 0.15) is 46.1 Å². The largest absolute Gasteiger partial charge is 0.492 e. The van der Waals surface area contributed by atoms with Crippen LogP contribution < -0.4 is 10.1 Å². The van der Waals surface area contributed by atoms with E-state index in [1.807, 2.05) is 12.1 Å². The Balaban J connectivity index is 2.33. The second-order valence-corrected chi connectivity index (χ2v) is 5.75. The molecule has 1 rings (SSSR count). The van der Waals surface area contributed by atoms with Crippen molar-refractivity contribution in [2.45, 2.75) is 46.1 Å². The van der Waals surface area contributed by atoms with E-state index in [0.717, 1.165) is 12.3 Å². The molecular formula is C15H25NO. The number of hydrogen-bond acceptors (Lipinski definition) is 2. The molecule has 1 aromatic rings. The van der Waals surface area contributed by atoms with Gasteiger partial charge in [-0.25, -0.2) is 0 Å². The van der Waals surface area contributed by atoms with E-state index in [2.05, 4.69) is 52.1 Å². The zero-order valence-corrected chi connectivity index (χ0v) is 11.7. The Bertz CT molecular complexity index is 322. The Morgan fingerprint density at radius 2 is 1.71 bits per heavy atom. The zero-order chi connectivity index (χ0) is 12.9. The van der Waals surface area contributed by atoms with Crippen molar-refractivity contribution in [2.24, 2.45) is 0 Å². The smallest absolute Gasteiger partial charge is 0.119 e. The van der Waals surface area contributed by atoms with E-state index >= 15 is 0 Å². The van der Waals surface area contributed by atoms with Crippen LogP contribution in [0.4, 0.5) is 0 Å². The summed E-state index contributed by atoms with van der Waals surface area (Å²) in [6.45, 7) is 12.4. The summed E-state index contributed by atoms with van der Waals surface area (Å²) in [5, 5.41) is 3.40. The van der Waals surface area contributed by atoms with Gasteiger partial charge in [0.05, 0.1) is 0 Å². The third kappa shape index (κ3) is 5.73. The summed E-state index contributed by atoms with van der Waals surface area (Å²) in [7, 11) is 0.